The highest BCUT2D eigenvalue weighted by Crippen LogP contribution is 2.30. The molecule has 3 heterocycles. The van der Waals surface area contributed by atoms with E-state index in [4.69, 9.17) is 21.3 Å². The molecule has 2 aromatic heterocycles. The number of carbonyl (C=O) groups is 2. The number of amides is 2. The van der Waals surface area contributed by atoms with Crippen molar-refractivity contribution in [2.75, 3.05) is 26.2 Å². The van der Waals surface area contributed by atoms with Crippen LogP contribution >= 0.6 is 11.6 Å². The van der Waals surface area contributed by atoms with Gasteiger partial charge in [0.25, 0.3) is 5.91 Å². The Balaban J connectivity index is 1.39. The van der Waals surface area contributed by atoms with Crippen LogP contribution < -0.4 is 0 Å². The number of pyridine rings is 1. The van der Waals surface area contributed by atoms with Crippen molar-refractivity contribution in [2.24, 2.45) is 0 Å². The minimum Gasteiger partial charge on any atom is -0.449 e. The average Bonchev–Trinajstić information content (AvgIpc) is 3.34. The third-order valence-electron chi connectivity index (χ3n) is 6.32. The van der Waals surface area contributed by atoms with Crippen LogP contribution in [-0.4, -0.2) is 69.3 Å². The Morgan fingerprint density at radius 1 is 1.17 bits per heavy atom. The van der Waals surface area contributed by atoms with Gasteiger partial charge < -0.3 is 14.5 Å². The lowest BCUT2D eigenvalue weighted by Crippen LogP contribution is -2.55. The molecule has 2 amide bonds. The molecule has 1 aliphatic rings. The number of H-pyrrole nitrogens is 1. The second-order valence-electron chi connectivity index (χ2n) is 8.80. The average molecular weight is 492 g/mol. The molecule has 0 aliphatic carbocycles. The summed E-state index contributed by atoms with van der Waals surface area (Å²) in [5.41, 5.74) is 3.78. The fourth-order valence-corrected chi connectivity index (χ4v) is 4.70. The number of nitrogens with zero attached hydrogens (tertiary/aromatic N) is 4. The molecule has 1 N–H and O–H groups in total. The summed E-state index contributed by atoms with van der Waals surface area (Å²) in [6, 6.07) is 13.0. The third-order valence-corrected chi connectivity index (χ3v) is 6.63. The van der Waals surface area contributed by atoms with Crippen LogP contribution in [0, 0.1) is 0 Å². The lowest BCUT2D eigenvalue weighted by Gasteiger charge is -2.39. The largest absolute Gasteiger partial charge is 0.449 e. The molecule has 0 bridgehead atoms. The van der Waals surface area contributed by atoms with Gasteiger partial charge in [0, 0.05) is 47.6 Å². The van der Waals surface area contributed by atoms with Crippen LogP contribution in [0.3, 0.4) is 0 Å². The van der Waals surface area contributed by atoms with E-state index in [0.717, 1.165) is 34.0 Å². The molecule has 2 aromatic carbocycles. The molecule has 1 saturated heterocycles. The molecule has 8 nitrogen and oxygen atoms in total. The first-order valence-electron chi connectivity index (χ1n) is 11.7. The van der Waals surface area contributed by atoms with Crippen LogP contribution in [0.2, 0.25) is 5.02 Å². The van der Waals surface area contributed by atoms with Crippen LogP contribution in [0.1, 0.15) is 30.6 Å². The molecule has 1 aliphatic heterocycles. The summed E-state index contributed by atoms with van der Waals surface area (Å²) in [4.78, 5) is 33.9. The summed E-state index contributed by atoms with van der Waals surface area (Å²) in [6.45, 7) is 5.61. The molecule has 0 saturated carbocycles. The molecule has 4 aromatic rings. The molecular weight excluding hydrogens is 466 g/mol. The molecule has 9 heteroatoms. The van der Waals surface area contributed by atoms with E-state index in [1.807, 2.05) is 44.2 Å². The SMILES string of the molecule is CCCOC(=O)N1CCN(C(=O)c2ccc3c(Cl)cc(-c4ccc5[nH]ncc5c4)nc3c2)C[C@@H]1C. The summed E-state index contributed by atoms with van der Waals surface area (Å²) in [6.07, 6.45) is 2.22. The number of ether oxygens (including phenoxy) is 1. The van der Waals surface area contributed by atoms with Gasteiger partial charge in [-0.2, -0.15) is 5.10 Å². The van der Waals surface area contributed by atoms with E-state index >= 15 is 0 Å². The first-order chi connectivity index (χ1) is 16.9. The van der Waals surface area contributed by atoms with Crippen LogP contribution in [0.25, 0.3) is 33.1 Å². The molecule has 5 rings (SSSR count). The number of carbonyl (C=O) groups excluding carboxylic acids is 2. The Morgan fingerprint density at radius 2 is 2.03 bits per heavy atom. The van der Waals surface area contributed by atoms with Gasteiger partial charge in [-0.05, 0) is 43.7 Å². The number of aromatic nitrogens is 3. The Morgan fingerprint density at radius 3 is 2.83 bits per heavy atom. The predicted octanol–water partition coefficient (Wildman–Crippen LogP) is 5.12. The molecule has 0 spiro atoms. The van der Waals surface area contributed by atoms with Crippen LogP contribution in [0.4, 0.5) is 4.79 Å². The standard InChI is InChI=1S/C26H26ClN5O3/c1-3-10-35-26(34)32-9-8-31(15-16(32)2)25(33)18-4-6-20-21(27)13-23(29-24(20)12-18)17-5-7-22-19(11-17)14-28-30-22/h4-7,11-14,16H,3,8-10,15H2,1-2H3,(H,28,30)/t16-/m0/s1. The number of halogens is 1. The molecule has 0 unspecified atom stereocenters. The quantitative estimate of drug-likeness (QED) is 0.427. The monoisotopic (exact) mass is 491 g/mol. The number of hydrogen-bond acceptors (Lipinski definition) is 5. The summed E-state index contributed by atoms with van der Waals surface area (Å²) >= 11 is 6.59. The zero-order valence-corrected chi connectivity index (χ0v) is 20.4. The van der Waals surface area contributed by atoms with Crippen LogP contribution in [0.5, 0.6) is 0 Å². The van der Waals surface area contributed by atoms with E-state index in [1.54, 1.807) is 28.1 Å². The summed E-state index contributed by atoms with van der Waals surface area (Å²) in [5.74, 6) is -0.0940. The molecule has 35 heavy (non-hydrogen) atoms. The normalized spacial score (nSPS) is 16.1. The maximum Gasteiger partial charge on any atom is 0.410 e. The van der Waals surface area contributed by atoms with Gasteiger partial charge in [-0.1, -0.05) is 30.7 Å². The van der Waals surface area contributed by atoms with E-state index in [2.05, 4.69) is 10.2 Å². The van der Waals surface area contributed by atoms with Crippen molar-refractivity contribution < 1.29 is 14.3 Å². The third kappa shape index (κ3) is 4.53. The van der Waals surface area contributed by atoms with Gasteiger partial charge in [0.05, 0.1) is 34.6 Å². The Kier molecular flexibility index (Phi) is 6.30. The summed E-state index contributed by atoms with van der Waals surface area (Å²) in [5, 5.41) is 9.35. The van der Waals surface area contributed by atoms with Crippen molar-refractivity contribution in [3.8, 4) is 11.3 Å². The number of aromatic amines is 1. The molecule has 180 valence electrons. The number of benzene rings is 2. The fraction of sp³-hybridized carbons (Fsp3) is 0.308. The second-order valence-corrected chi connectivity index (χ2v) is 9.21. The number of fused-ring (bicyclic) bond motifs is 2. The molecule has 1 atom stereocenters. The highest BCUT2D eigenvalue weighted by Gasteiger charge is 2.31. The Hall–Kier alpha value is -3.65. The van der Waals surface area contributed by atoms with Crippen molar-refractivity contribution in [3.05, 3.63) is 59.2 Å². The lowest BCUT2D eigenvalue weighted by atomic mass is 10.1. The number of piperazine rings is 1. The maximum atomic E-state index is 13.3. The van der Waals surface area contributed by atoms with Gasteiger partial charge in [0.15, 0.2) is 0 Å². The van der Waals surface area contributed by atoms with E-state index in [0.29, 0.717) is 42.3 Å². The van der Waals surface area contributed by atoms with Crippen molar-refractivity contribution in [2.45, 2.75) is 26.3 Å². The van der Waals surface area contributed by atoms with Crippen molar-refractivity contribution in [1.82, 2.24) is 25.0 Å². The zero-order chi connectivity index (χ0) is 24.5. The Bertz CT molecular complexity index is 1420. The second kappa shape index (κ2) is 9.54. The smallest absolute Gasteiger partial charge is 0.410 e. The van der Waals surface area contributed by atoms with E-state index in [9.17, 15) is 9.59 Å². The summed E-state index contributed by atoms with van der Waals surface area (Å²) < 4.78 is 5.27. The number of rotatable bonds is 4. The number of hydrogen-bond donors (Lipinski definition) is 1. The first-order valence-corrected chi connectivity index (χ1v) is 12.1. The van der Waals surface area contributed by atoms with Gasteiger partial charge >= 0.3 is 6.09 Å². The van der Waals surface area contributed by atoms with Crippen molar-refractivity contribution in [3.63, 3.8) is 0 Å². The van der Waals surface area contributed by atoms with E-state index in [-0.39, 0.29) is 18.0 Å². The van der Waals surface area contributed by atoms with E-state index in [1.165, 1.54) is 0 Å². The summed E-state index contributed by atoms with van der Waals surface area (Å²) in [7, 11) is 0. The first kappa shape index (κ1) is 23.1. The fourth-order valence-electron chi connectivity index (χ4n) is 4.44. The zero-order valence-electron chi connectivity index (χ0n) is 19.6. The van der Waals surface area contributed by atoms with Crippen molar-refractivity contribution >= 4 is 45.4 Å². The highest BCUT2D eigenvalue weighted by atomic mass is 35.5. The topological polar surface area (TPSA) is 91.4 Å². The maximum absolute atomic E-state index is 13.3. The number of nitrogens with one attached hydrogen (secondary N) is 1. The minimum absolute atomic E-state index is 0.0940. The highest BCUT2D eigenvalue weighted by molar-refractivity contribution is 6.35. The van der Waals surface area contributed by atoms with Crippen LogP contribution in [-0.2, 0) is 4.74 Å². The molecule has 1 fully saturated rings. The van der Waals surface area contributed by atoms with E-state index < -0.39 is 0 Å². The van der Waals surface area contributed by atoms with Crippen molar-refractivity contribution in [1.29, 1.82) is 0 Å². The van der Waals surface area contributed by atoms with Gasteiger partial charge in [0.1, 0.15) is 0 Å². The Labute approximate surface area is 207 Å². The minimum atomic E-state index is -0.322. The lowest BCUT2D eigenvalue weighted by molar-refractivity contribution is 0.0412. The molecular formula is C26H26ClN5O3. The molecule has 0 radical (unpaired) electrons. The predicted molar refractivity (Wildman–Crippen MR) is 136 cm³/mol. The van der Waals surface area contributed by atoms with Gasteiger partial charge in [-0.15, -0.1) is 0 Å². The van der Waals surface area contributed by atoms with Gasteiger partial charge in [-0.25, -0.2) is 9.78 Å². The van der Waals surface area contributed by atoms with Crippen LogP contribution in [0.15, 0.2) is 48.7 Å². The van der Waals surface area contributed by atoms with Gasteiger partial charge in [0.2, 0.25) is 0 Å². The van der Waals surface area contributed by atoms with Gasteiger partial charge in [-0.3, -0.25) is 9.89 Å².